The first-order valence-corrected chi connectivity index (χ1v) is 7.79. The van der Waals surface area contributed by atoms with Crippen LogP contribution in [0.1, 0.15) is 30.9 Å². The van der Waals surface area contributed by atoms with E-state index in [1.165, 1.54) is 0 Å². The largest absolute Gasteiger partial charge is 0.416 e. The van der Waals surface area contributed by atoms with E-state index in [0.717, 1.165) is 18.9 Å². The van der Waals surface area contributed by atoms with Crippen LogP contribution in [0.4, 0.5) is 17.6 Å². The Morgan fingerprint density at radius 2 is 1.87 bits per heavy atom. The monoisotopic (exact) mass is 353 g/mol. The molecular weight excluding hydrogens is 334 g/mol. The molecule has 1 aliphatic rings. The van der Waals surface area contributed by atoms with Crippen molar-refractivity contribution in [3.05, 3.63) is 34.1 Å². The van der Waals surface area contributed by atoms with Crippen molar-refractivity contribution in [1.82, 2.24) is 4.90 Å². The van der Waals surface area contributed by atoms with Gasteiger partial charge in [-0.2, -0.15) is 13.2 Å². The molecule has 0 saturated carbocycles. The molecule has 1 heterocycles. The van der Waals surface area contributed by atoms with Crippen LogP contribution in [-0.2, 0) is 17.5 Å². The zero-order valence-electron chi connectivity index (χ0n) is 13.1. The summed E-state index contributed by atoms with van der Waals surface area (Å²) < 4.78 is 57.8. The van der Waals surface area contributed by atoms with Gasteiger partial charge in [-0.1, -0.05) is 18.5 Å². The molecule has 130 valence electrons. The molecule has 0 radical (unpaired) electrons. The van der Waals surface area contributed by atoms with Crippen molar-refractivity contribution < 1.29 is 22.3 Å². The molecule has 2 rings (SSSR count). The Labute approximate surface area is 138 Å². The molecule has 1 saturated heterocycles. The van der Waals surface area contributed by atoms with Crippen LogP contribution in [0.15, 0.2) is 12.1 Å². The second kappa shape index (κ2) is 6.95. The lowest BCUT2D eigenvalue weighted by Crippen LogP contribution is -2.40. The summed E-state index contributed by atoms with van der Waals surface area (Å²) in [6.45, 7) is 4.26. The number of likely N-dealkylation sites (tertiary alicyclic amines) is 1. The van der Waals surface area contributed by atoms with Crippen molar-refractivity contribution in [3.63, 3.8) is 0 Å². The number of rotatable bonds is 4. The molecule has 0 unspecified atom stereocenters. The van der Waals surface area contributed by atoms with Crippen LogP contribution >= 0.6 is 11.6 Å². The minimum absolute atomic E-state index is 0.0137. The minimum atomic E-state index is -4.54. The Kier molecular flexibility index (Phi) is 5.59. The smallest absolute Gasteiger partial charge is 0.384 e. The molecule has 7 heteroatoms. The third kappa shape index (κ3) is 4.58. The van der Waals surface area contributed by atoms with E-state index in [-0.39, 0.29) is 17.5 Å². The maximum Gasteiger partial charge on any atom is 0.416 e. The number of benzene rings is 1. The van der Waals surface area contributed by atoms with Crippen molar-refractivity contribution in [1.29, 1.82) is 0 Å². The number of ether oxygens (including phenoxy) is 1. The Balaban J connectivity index is 2.11. The van der Waals surface area contributed by atoms with Gasteiger partial charge in [0.1, 0.15) is 5.82 Å². The molecule has 1 aromatic rings. The maximum absolute atomic E-state index is 14.1. The molecule has 1 fully saturated rings. The SMILES string of the molecule is COCC1(C)CCN(Cc2cc(C(F)(F)F)cc(Cl)c2F)CC1. The summed E-state index contributed by atoms with van der Waals surface area (Å²) in [5.41, 5.74) is -0.866. The number of hydrogen-bond acceptors (Lipinski definition) is 2. The molecule has 0 amide bonds. The van der Waals surface area contributed by atoms with Crippen LogP contribution in [0.2, 0.25) is 5.02 Å². The summed E-state index contributed by atoms with van der Waals surface area (Å²) in [5, 5.41) is -0.490. The Morgan fingerprint density at radius 3 is 2.39 bits per heavy atom. The van der Waals surface area contributed by atoms with E-state index < -0.39 is 22.6 Å². The topological polar surface area (TPSA) is 12.5 Å². The van der Waals surface area contributed by atoms with Gasteiger partial charge in [0, 0.05) is 19.2 Å². The fourth-order valence-corrected chi connectivity index (χ4v) is 3.15. The van der Waals surface area contributed by atoms with E-state index in [1.54, 1.807) is 7.11 Å². The van der Waals surface area contributed by atoms with Crippen LogP contribution in [0.25, 0.3) is 0 Å². The first-order chi connectivity index (χ1) is 10.6. The van der Waals surface area contributed by atoms with Gasteiger partial charge in [-0.25, -0.2) is 4.39 Å². The molecule has 0 atom stereocenters. The highest BCUT2D eigenvalue weighted by Gasteiger charge is 2.33. The van der Waals surface area contributed by atoms with E-state index in [1.807, 2.05) is 4.90 Å². The van der Waals surface area contributed by atoms with Gasteiger partial charge in [-0.15, -0.1) is 0 Å². The van der Waals surface area contributed by atoms with Gasteiger partial charge in [0.15, 0.2) is 0 Å². The molecule has 0 aromatic heterocycles. The summed E-state index contributed by atoms with van der Waals surface area (Å²) in [7, 11) is 1.65. The van der Waals surface area contributed by atoms with Crippen molar-refractivity contribution >= 4 is 11.6 Å². The lowest BCUT2D eigenvalue weighted by atomic mass is 9.81. The summed E-state index contributed by atoms with van der Waals surface area (Å²) in [6, 6.07) is 1.48. The first kappa shape index (κ1) is 18.5. The predicted molar refractivity (Wildman–Crippen MR) is 80.9 cm³/mol. The van der Waals surface area contributed by atoms with Crippen molar-refractivity contribution in [2.24, 2.45) is 5.41 Å². The zero-order valence-corrected chi connectivity index (χ0v) is 13.9. The van der Waals surface area contributed by atoms with Gasteiger partial charge in [0.25, 0.3) is 0 Å². The van der Waals surface area contributed by atoms with Crippen LogP contribution in [0.5, 0.6) is 0 Å². The summed E-state index contributed by atoms with van der Waals surface area (Å²) in [4.78, 5) is 1.95. The molecule has 0 aliphatic carbocycles. The van der Waals surface area contributed by atoms with Gasteiger partial charge >= 0.3 is 6.18 Å². The Bertz CT molecular complexity index is 554. The number of halogens is 5. The number of hydrogen-bond donors (Lipinski definition) is 0. The summed E-state index contributed by atoms with van der Waals surface area (Å²) in [6.07, 6.45) is -2.82. The quantitative estimate of drug-likeness (QED) is 0.724. The number of methoxy groups -OCH3 is 1. The molecule has 2 nitrogen and oxygen atoms in total. The second-order valence-electron chi connectivity index (χ2n) is 6.45. The maximum atomic E-state index is 14.1. The standard InChI is InChI=1S/C16H20ClF4NO/c1-15(10-23-2)3-5-22(6-4-15)9-11-7-12(16(19,20)21)8-13(17)14(11)18/h7-8H,3-6,9-10H2,1-2H3. The lowest BCUT2D eigenvalue weighted by Gasteiger charge is -2.39. The van der Waals surface area contributed by atoms with E-state index in [9.17, 15) is 17.6 Å². The second-order valence-corrected chi connectivity index (χ2v) is 6.86. The van der Waals surface area contributed by atoms with E-state index in [0.29, 0.717) is 25.8 Å². The lowest BCUT2D eigenvalue weighted by molar-refractivity contribution is -0.137. The normalized spacial score (nSPS) is 19.1. The highest BCUT2D eigenvalue weighted by Crippen LogP contribution is 2.35. The minimum Gasteiger partial charge on any atom is -0.384 e. The molecule has 0 bridgehead atoms. The summed E-state index contributed by atoms with van der Waals surface area (Å²) in [5.74, 6) is -0.773. The van der Waals surface area contributed by atoms with Gasteiger partial charge in [-0.3, -0.25) is 4.90 Å². The highest BCUT2D eigenvalue weighted by molar-refractivity contribution is 6.30. The third-order valence-corrected chi connectivity index (χ3v) is 4.66. The average molecular weight is 354 g/mol. The van der Waals surface area contributed by atoms with Crippen LogP contribution < -0.4 is 0 Å². The Hall–Kier alpha value is -0.850. The molecular formula is C16H20ClF4NO. The number of piperidine rings is 1. The number of nitrogens with zero attached hydrogens (tertiary/aromatic N) is 1. The van der Waals surface area contributed by atoms with Crippen LogP contribution in [0, 0.1) is 11.2 Å². The van der Waals surface area contributed by atoms with Gasteiger partial charge in [0.05, 0.1) is 17.2 Å². The van der Waals surface area contributed by atoms with Gasteiger partial charge < -0.3 is 4.74 Å². The predicted octanol–water partition coefficient (Wildman–Crippen LogP) is 4.75. The summed E-state index contributed by atoms with van der Waals surface area (Å²) >= 11 is 5.62. The molecule has 0 N–H and O–H groups in total. The van der Waals surface area contributed by atoms with Crippen molar-refractivity contribution in [2.45, 2.75) is 32.5 Å². The van der Waals surface area contributed by atoms with Crippen LogP contribution in [0.3, 0.4) is 0 Å². The molecule has 1 aliphatic heterocycles. The third-order valence-electron chi connectivity index (χ3n) is 4.38. The fraction of sp³-hybridized carbons (Fsp3) is 0.625. The van der Waals surface area contributed by atoms with Crippen LogP contribution in [-0.4, -0.2) is 31.7 Å². The zero-order chi connectivity index (χ0) is 17.3. The van der Waals surface area contributed by atoms with E-state index >= 15 is 0 Å². The van der Waals surface area contributed by atoms with Crippen molar-refractivity contribution in [3.8, 4) is 0 Å². The van der Waals surface area contributed by atoms with E-state index in [2.05, 4.69) is 6.92 Å². The average Bonchev–Trinajstić information content (AvgIpc) is 2.45. The van der Waals surface area contributed by atoms with Gasteiger partial charge in [0.2, 0.25) is 0 Å². The first-order valence-electron chi connectivity index (χ1n) is 7.41. The van der Waals surface area contributed by atoms with Gasteiger partial charge in [-0.05, 0) is 43.5 Å². The molecule has 1 aromatic carbocycles. The number of alkyl halides is 3. The molecule has 0 spiro atoms. The highest BCUT2D eigenvalue weighted by atomic mass is 35.5. The Morgan fingerprint density at radius 1 is 1.26 bits per heavy atom. The molecule has 23 heavy (non-hydrogen) atoms. The van der Waals surface area contributed by atoms with E-state index in [4.69, 9.17) is 16.3 Å². The van der Waals surface area contributed by atoms with Crippen molar-refractivity contribution in [2.75, 3.05) is 26.8 Å². The fourth-order valence-electron chi connectivity index (χ4n) is 2.91.